The molecule has 1 fully saturated rings. The van der Waals surface area contributed by atoms with Crippen LogP contribution in [0.4, 0.5) is 0 Å². The van der Waals surface area contributed by atoms with Crippen molar-refractivity contribution in [3.05, 3.63) is 59.7 Å². The van der Waals surface area contributed by atoms with E-state index < -0.39 is 21.2 Å². The van der Waals surface area contributed by atoms with Crippen LogP contribution in [-0.2, 0) is 10.0 Å². The van der Waals surface area contributed by atoms with E-state index in [0.29, 0.717) is 0 Å². The molecule has 6 heteroatoms. The van der Waals surface area contributed by atoms with E-state index in [4.69, 9.17) is 5.11 Å². The van der Waals surface area contributed by atoms with Gasteiger partial charge >= 0.3 is 5.97 Å². The zero-order chi connectivity index (χ0) is 19.6. The number of carbonyl (C=O) groups is 1. The summed E-state index contributed by atoms with van der Waals surface area (Å²) in [5, 5.41) is 8.56. The standard InChI is InChI=1S/C21H25NO4S/c1-14(2)27(25,26)22-20-5-3-4-19(20)17-10-6-15(7-11-17)16-8-12-18(13-9-16)21(23)24/h6-14,19-20,22H,3-5H2,1-2H3,(H,23,24)/t19-,20+/m1/s1. The molecule has 2 atom stereocenters. The van der Waals surface area contributed by atoms with Crippen LogP contribution in [0.1, 0.15) is 54.9 Å². The highest BCUT2D eigenvalue weighted by atomic mass is 32.2. The Balaban J connectivity index is 1.77. The van der Waals surface area contributed by atoms with Gasteiger partial charge in [0.05, 0.1) is 10.8 Å². The van der Waals surface area contributed by atoms with Crippen molar-refractivity contribution in [2.45, 2.75) is 50.3 Å². The zero-order valence-corrected chi connectivity index (χ0v) is 16.4. The molecule has 1 aliphatic carbocycles. The van der Waals surface area contributed by atoms with Gasteiger partial charge in [-0.3, -0.25) is 0 Å². The van der Waals surface area contributed by atoms with E-state index in [2.05, 4.69) is 4.72 Å². The van der Waals surface area contributed by atoms with E-state index in [1.165, 1.54) is 0 Å². The van der Waals surface area contributed by atoms with Crippen LogP contribution in [0, 0.1) is 0 Å². The number of sulfonamides is 1. The Kier molecular flexibility index (Phi) is 5.67. The molecule has 0 heterocycles. The van der Waals surface area contributed by atoms with E-state index in [0.717, 1.165) is 36.0 Å². The Bertz CT molecular complexity index is 902. The second-order valence-corrected chi connectivity index (χ2v) is 9.63. The van der Waals surface area contributed by atoms with Crippen LogP contribution in [-0.4, -0.2) is 30.8 Å². The van der Waals surface area contributed by atoms with Crippen molar-refractivity contribution < 1.29 is 18.3 Å². The number of hydrogen-bond acceptors (Lipinski definition) is 3. The fourth-order valence-electron chi connectivity index (χ4n) is 3.58. The molecule has 0 unspecified atom stereocenters. The summed E-state index contributed by atoms with van der Waals surface area (Å²) in [5.74, 6) is -0.755. The number of hydrogen-bond donors (Lipinski definition) is 2. The molecule has 1 saturated carbocycles. The van der Waals surface area contributed by atoms with Crippen molar-refractivity contribution in [3.63, 3.8) is 0 Å². The third-order valence-electron chi connectivity index (χ3n) is 5.26. The van der Waals surface area contributed by atoms with Crippen LogP contribution < -0.4 is 4.72 Å². The summed E-state index contributed by atoms with van der Waals surface area (Å²) < 4.78 is 27.3. The molecular weight excluding hydrogens is 362 g/mol. The highest BCUT2D eigenvalue weighted by Gasteiger charge is 2.32. The minimum atomic E-state index is -3.28. The van der Waals surface area contributed by atoms with E-state index in [-0.39, 0.29) is 17.5 Å². The van der Waals surface area contributed by atoms with Crippen molar-refractivity contribution in [1.82, 2.24) is 4.72 Å². The molecule has 0 aromatic heterocycles. The van der Waals surface area contributed by atoms with E-state index >= 15 is 0 Å². The Hall–Kier alpha value is -2.18. The fraction of sp³-hybridized carbons (Fsp3) is 0.381. The van der Waals surface area contributed by atoms with E-state index in [1.54, 1.807) is 38.1 Å². The van der Waals surface area contributed by atoms with Gasteiger partial charge in [0.15, 0.2) is 0 Å². The summed E-state index contributed by atoms with van der Waals surface area (Å²) in [6.45, 7) is 3.38. The van der Waals surface area contributed by atoms with Crippen LogP contribution >= 0.6 is 0 Å². The third kappa shape index (κ3) is 4.39. The number of nitrogens with one attached hydrogen (secondary N) is 1. The van der Waals surface area contributed by atoms with Gasteiger partial charge in [-0.15, -0.1) is 0 Å². The lowest BCUT2D eigenvalue weighted by Crippen LogP contribution is -2.40. The summed E-state index contributed by atoms with van der Waals surface area (Å²) in [4.78, 5) is 11.0. The van der Waals surface area contributed by atoms with Crippen molar-refractivity contribution in [2.24, 2.45) is 0 Å². The molecule has 5 nitrogen and oxygen atoms in total. The Morgan fingerprint density at radius 3 is 2.07 bits per heavy atom. The van der Waals surface area contributed by atoms with Gasteiger partial charge in [-0.05, 0) is 55.5 Å². The molecule has 0 radical (unpaired) electrons. The molecule has 2 aromatic carbocycles. The second-order valence-electron chi connectivity index (χ2n) is 7.36. The summed E-state index contributed by atoms with van der Waals surface area (Å²) in [6, 6.07) is 14.9. The average Bonchev–Trinajstić information content (AvgIpc) is 3.09. The van der Waals surface area contributed by atoms with Crippen molar-refractivity contribution in [2.75, 3.05) is 0 Å². The first-order valence-corrected chi connectivity index (χ1v) is 10.8. The molecule has 0 bridgehead atoms. The quantitative estimate of drug-likeness (QED) is 0.784. The average molecular weight is 388 g/mol. The van der Waals surface area contributed by atoms with Gasteiger partial charge in [-0.25, -0.2) is 17.9 Å². The van der Waals surface area contributed by atoms with Gasteiger partial charge in [0.25, 0.3) is 0 Å². The third-order valence-corrected chi connectivity index (χ3v) is 7.13. The number of aromatic carboxylic acids is 1. The summed E-state index contributed by atoms with van der Waals surface area (Å²) in [6.07, 6.45) is 2.83. The van der Waals surface area contributed by atoms with E-state index in [1.807, 2.05) is 24.3 Å². The molecule has 2 aromatic rings. The topological polar surface area (TPSA) is 83.5 Å². The fourth-order valence-corrected chi connectivity index (χ4v) is 4.55. The van der Waals surface area contributed by atoms with Crippen molar-refractivity contribution in [1.29, 1.82) is 0 Å². The first-order chi connectivity index (χ1) is 12.8. The maximum atomic E-state index is 12.2. The molecule has 1 aliphatic rings. The minimum Gasteiger partial charge on any atom is -0.478 e. The normalized spacial score (nSPS) is 20.1. The van der Waals surface area contributed by atoms with Crippen LogP contribution in [0.15, 0.2) is 48.5 Å². The molecule has 0 saturated heterocycles. The molecule has 0 aliphatic heterocycles. The molecule has 0 spiro atoms. The smallest absolute Gasteiger partial charge is 0.335 e. The molecule has 3 rings (SSSR count). The lowest BCUT2D eigenvalue weighted by atomic mass is 9.92. The van der Waals surface area contributed by atoms with Gasteiger partial charge in [-0.2, -0.15) is 0 Å². The summed E-state index contributed by atoms with van der Waals surface area (Å²) in [7, 11) is -3.28. The van der Waals surface area contributed by atoms with Gasteiger partial charge in [0.2, 0.25) is 10.0 Å². The second kappa shape index (κ2) is 7.82. The molecule has 27 heavy (non-hydrogen) atoms. The summed E-state index contributed by atoms with van der Waals surface area (Å²) >= 11 is 0. The monoisotopic (exact) mass is 387 g/mol. The number of benzene rings is 2. The largest absolute Gasteiger partial charge is 0.478 e. The van der Waals surface area contributed by atoms with Gasteiger partial charge < -0.3 is 5.11 Å². The lowest BCUT2D eigenvalue weighted by Gasteiger charge is -2.23. The van der Waals surface area contributed by atoms with Crippen molar-refractivity contribution in [3.8, 4) is 11.1 Å². The van der Waals surface area contributed by atoms with Crippen LogP contribution in [0.25, 0.3) is 11.1 Å². The molecule has 2 N–H and O–H groups in total. The highest BCUT2D eigenvalue weighted by Crippen LogP contribution is 2.36. The SMILES string of the molecule is CC(C)S(=O)(=O)N[C@H]1CCC[C@@H]1c1ccc(-c2ccc(C(=O)O)cc2)cc1. The van der Waals surface area contributed by atoms with Crippen LogP contribution in [0.2, 0.25) is 0 Å². The van der Waals surface area contributed by atoms with Crippen molar-refractivity contribution >= 4 is 16.0 Å². The maximum absolute atomic E-state index is 12.2. The lowest BCUT2D eigenvalue weighted by molar-refractivity contribution is 0.0697. The number of carboxylic acid groups (broad SMARTS) is 1. The predicted molar refractivity (Wildman–Crippen MR) is 106 cm³/mol. The molecular formula is C21H25NO4S. The molecule has 0 amide bonds. The van der Waals surface area contributed by atoms with E-state index in [9.17, 15) is 13.2 Å². The zero-order valence-electron chi connectivity index (χ0n) is 15.6. The Morgan fingerprint density at radius 2 is 1.56 bits per heavy atom. The highest BCUT2D eigenvalue weighted by molar-refractivity contribution is 7.90. The Morgan fingerprint density at radius 1 is 1.00 bits per heavy atom. The van der Waals surface area contributed by atoms with Gasteiger partial charge in [-0.1, -0.05) is 42.8 Å². The first-order valence-electron chi connectivity index (χ1n) is 9.23. The summed E-state index contributed by atoms with van der Waals surface area (Å²) in [5.41, 5.74) is 3.36. The Labute approximate surface area is 160 Å². The molecule has 144 valence electrons. The minimum absolute atomic E-state index is 0.0573. The van der Waals surface area contributed by atoms with Gasteiger partial charge in [0.1, 0.15) is 0 Å². The first kappa shape index (κ1) is 19.6. The van der Waals surface area contributed by atoms with Crippen LogP contribution in [0.5, 0.6) is 0 Å². The maximum Gasteiger partial charge on any atom is 0.335 e. The predicted octanol–water partition coefficient (Wildman–Crippen LogP) is 4.02. The number of carboxylic acids is 1. The number of rotatable bonds is 6. The van der Waals surface area contributed by atoms with Gasteiger partial charge in [0, 0.05) is 12.0 Å². The van der Waals surface area contributed by atoms with Crippen LogP contribution in [0.3, 0.4) is 0 Å².